The minimum absolute atomic E-state index is 0. The molecule has 88 valence electrons. The topological polar surface area (TPSA) is 77.8 Å². The van der Waals surface area contributed by atoms with Gasteiger partial charge in [0, 0.05) is 0 Å². The number of hydrogen-bond acceptors (Lipinski definition) is 3. The van der Waals surface area contributed by atoms with E-state index in [4.69, 9.17) is 10.2 Å². The van der Waals surface area contributed by atoms with Gasteiger partial charge in [0.2, 0.25) is 0 Å². The number of aliphatic carboxylic acids is 1. The number of carbonyl (C=O) groups is 2. The minimum atomic E-state index is -0.879. The molecule has 5 nitrogen and oxygen atoms in total. The molecule has 0 amide bonds. The molecule has 1 aromatic rings. The van der Waals surface area contributed by atoms with Gasteiger partial charge < -0.3 is 10.2 Å². The summed E-state index contributed by atoms with van der Waals surface area (Å²) in [6, 6.07) is 8.30. The van der Waals surface area contributed by atoms with Crippen LogP contribution in [0.15, 0.2) is 30.3 Å². The second kappa shape index (κ2) is 9.93. The summed E-state index contributed by atoms with van der Waals surface area (Å²) in [4.78, 5) is 21.6. The Morgan fingerprint density at radius 3 is 1.76 bits per heavy atom. The monoisotopic (exact) mass is 289 g/mol. The van der Waals surface area contributed by atoms with Crippen LogP contribution in [0.3, 0.4) is 0 Å². The number of rotatable bonds is 3. The molecule has 0 fully saturated rings. The van der Waals surface area contributed by atoms with E-state index in [0.29, 0.717) is 5.56 Å². The second-order valence-corrected chi connectivity index (χ2v) is 3.30. The number of carboxylic acid groups (broad SMARTS) is 2. The Kier molecular flexibility index (Phi) is 10.6. The first-order valence-corrected chi connectivity index (χ1v) is 4.58. The number of likely N-dealkylation sites (N-methyl/N-ethyl adjacent to an activating group) is 1. The first-order chi connectivity index (χ1) is 7.43. The molecule has 0 bridgehead atoms. The van der Waals surface area contributed by atoms with Gasteiger partial charge in [0.25, 0.3) is 0 Å². The van der Waals surface area contributed by atoms with Crippen molar-refractivity contribution in [1.29, 1.82) is 0 Å². The third-order valence-corrected chi connectivity index (χ3v) is 1.47. The minimum Gasteiger partial charge on any atom is -0.480 e. The maximum atomic E-state index is 10.2. The molecule has 1 aromatic carbocycles. The SMILES string of the molecule is CN(C)CC(=O)O.O=C(O)c1ccccc1.[Zn+2]. The summed E-state index contributed by atoms with van der Waals surface area (Å²) in [5.74, 6) is -1.67. The number of nitrogens with zero attached hydrogens (tertiary/aromatic N) is 1. The van der Waals surface area contributed by atoms with Crippen LogP contribution >= 0.6 is 0 Å². The average molecular weight is 291 g/mol. The van der Waals surface area contributed by atoms with Crippen molar-refractivity contribution in [2.24, 2.45) is 0 Å². The van der Waals surface area contributed by atoms with Crippen LogP contribution < -0.4 is 0 Å². The molecule has 0 radical (unpaired) electrons. The van der Waals surface area contributed by atoms with Crippen molar-refractivity contribution in [3.63, 3.8) is 0 Å². The van der Waals surface area contributed by atoms with Crippen LogP contribution in [0, 0.1) is 0 Å². The van der Waals surface area contributed by atoms with Crippen LogP contribution in [0.25, 0.3) is 0 Å². The molecule has 0 atom stereocenters. The molecule has 0 aliphatic carbocycles. The van der Waals surface area contributed by atoms with Gasteiger partial charge in [-0.25, -0.2) is 4.79 Å². The predicted molar refractivity (Wildman–Crippen MR) is 59.6 cm³/mol. The number of benzene rings is 1. The van der Waals surface area contributed by atoms with Crippen molar-refractivity contribution >= 4 is 11.9 Å². The summed E-state index contributed by atoms with van der Waals surface area (Å²) in [5, 5.41) is 16.4. The Morgan fingerprint density at radius 2 is 1.59 bits per heavy atom. The summed E-state index contributed by atoms with van der Waals surface area (Å²) in [5.41, 5.74) is 0.331. The molecule has 6 heteroatoms. The van der Waals surface area contributed by atoms with Gasteiger partial charge >= 0.3 is 31.4 Å². The molecule has 17 heavy (non-hydrogen) atoms. The Bertz CT molecular complexity index is 341. The van der Waals surface area contributed by atoms with Crippen molar-refractivity contribution < 1.29 is 39.3 Å². The predicted octanol–water partition coefficient (Wildman–Crippen LogP) is 1.01. The molecule has 0 aromatic heterocycles. The first kappa shape index (κ1) is 18.1. The molecule has 0 aliphatic heterocycles. The zero-order chi connectivity index (χ0) is 12.6. The molecular formula is C11H15NO4Zn+2. The van der Waals surface area contributed by atoms with Gasteiger partial charge in [-0.3, -0.25) is 9.69 Å². The summed E-state index contributed by atoms with van der Waals surface area (Å²) >= 11 is 0. The van der Waals surface area contributed by atoms with Crippen molar-refractivity contribution in [2.45, 2.75) is 0 Å². The van der Waals surface area contributed by atoms with E-state index in [1.165, 1.54) is 0 Å². The molecule has 2 N–H and O–H groups in total. The fraction of sp³-hybridized carbons (Fsp3) is 0.273. The van der Waals surface area contributed by atoms with Crippen LogP contribution in [0.5, 0.6) is 0 Å². The van der Waals surface area contributed by atoms with E-state index in [9.17, 15) is 9.59 Å². The maximum absolute atomic E-state index is 10.2. The van der Waals surface area contributed by atoms with Crippen molar-refractivity contribution in [1.82, 2.24) is 4.90 Å². The molecular weight excluding hydrogens is 276 g/mol. The molecule has 0 unspecified atom stereocenters. The molecule has 0 aliphatic rings. The van der Waals surface area contributed by atoms with Crippen LogP contribution in [0.2, 0.25) is 0 Å². The Hall–Kier alpha value is -1.26. The molecule has 1 rings (SSSR count). The van der Waals surface area contributed by atoms with Gasteiger partial charge in [0.15, 0.2) is 0 Å². The number of aromatic carboxylic acids is 1. The Morgan fingerprint density at radius 1 is 1.12 bits per heavy atom. The fourth-order valence-electron chi connectivity index (χ4n) is 0.851. The first-order valence-electron chi connectivity index (χ1n) is 4.58. The van der Waals surface area contributed by atoms with E-state index in [-0.39, 0.29) is 26.0 Å². The van der Waals surface area contributed by atoms with Gasteiger partial charge in [-0.1, -0.05) is 18.2 Å². The van der Waals surface area contributed by atoms with Gasteiger partial charge in [0.1, 0.15) is 0 Å². The Labute approximate surface area is 113 Å². The second-order valence-electron chi connectivity index (χ2n) is 3.30. The number of hydrogen-bond donors (Lipinski definition) is 2. The van der Waals surface area contributed by atoms with Crippen LogP contribution in [-0.2, 0) is 24.3 Å². The van der Waals surface area contributed by atoms with E-state index < -0.39 is 11.9 Å². The van der Waals surface area contributed by atoms with Crippen molar-refractivity contribution in [3.8, 4) is 0 Å². The summed E-state index contributed by atoms with van der Waals surface area (Å²) in [6.45, 7) is 0.111. The van der Waals surface area contributed by atoms with E-state index in [1.807, 2.05) is 0 Å². The molecule has 0 saturated heterocycles. The van der Waals surface area contributed by atoms with Gasteiger partial charge in [-0.05, 0) is 26.2 Å². The smallest absolute Gasteiger partial charge is 0.480 e. The standard InChI is InChI=1S/C7H6O2.C4H9NO2.Zn/c8-7(9)6-4-2-1-3-5-6;1-5(2)3-4(6)7;/h1-5H,(H,8,9);3H2,1-2H3,(H,6,7);/q;;+2. The third-order valence-electron chi connectivity index (χ3n) is 1.47. The largest absolute Gasteiger partial charge is 2.00 e. The quantitative estimate of drug-likeness (QED) is 0.813. The van der Waals surface area contributed by atoms with Crippen LogP contribution in [0.4, 0.5) is 0 Å². The Balaban J connectivity index is 0. The van der Waals surface area contributed by atoms with E-state index in [1.54, 1.807) is 49.3 Å². The zero-order valence-corrected chi connectivity index (χ0v) is 12.9. The normalized spacial score (nSPS) is 8.65. The van der Waals surface area contributed by atoms with Crippen LogP contribution in [-0.4, -0.2) is 47.7 Å². The van der Waals surface area contributed by atoms with Crippen molar-refractivity contribution in [2.75, 3.05) is 20.6 Å². The number of carboxylic acids is 2. The van der Waals surface area contributed by atoms with Gasteiger partial charge in [0.05, 0.1) is 12.1 Å². The van der Waals surface area contributed by atoms with Crippen molar-refractivity contribution in [3.05, 3.63) is 35.9 Å². The van der Waals surface area contributed by atoms with E-state index >= 15 is 0 Å². The summed E-state index contributed by atoms with van der Waals surface area (Å²) in [6.07, 6.45) is 0. The summed E-state index contributed by atoms with van der Waals surface area (Å²) < 4.78 is 0. The van der Waals surface area contributed by atoms with Crippen LogP contribution in [0.1, 0.15) is 10.4 Å². The molecule has 0 spiro atoms. The fourth-order valence-corrected chi connectivity index (χ4v) is 0.851. The molecule has 0 heterocycles. The average Bonchev–Trinajstić information content (AvgIpc) is 2.17. The summed E-state index contributed by atoms with van der Waals surface area (Å²) in [7, 11) is 3.43. The van der Waals surface area contributed by atoms with Gasteiger partial charge in [-0.2, -0.15) is 0 Å². The van der Waals surface area contributed by atoms with E-state index in [2.05, 4.69) is 0 Å². The molecule has 0 saturated carbocycles. The third kappa shape index (κ3) is 11.0. The maximum Gasteiger partial charge on any atom is 2.00 e. The van der Waals surface area contributed by atoms with Gasteiger partial charge in [-0.15, -0.1) is 0 Å². The zero-order valence-electron chi connectivity index (χ0n) is 9.96. The van der Waals surface area contributed by atoms with E-state index in [0.717, 1.165) is 0 Å².